The number of halogens is 2. The minimum absolute atomic E-state index is 0.0505. The molecular formula is C19H18F2N4O. The van der Waals surface area contributed by atoms with E-state index in [2.05, 4.69) is 15.3 Å². The molecule has 1 aliphatic rings. The van der Waals surface area contributed by atoms with E-state index < -0.39 is 11.6 Å². The highest BCUT2D eigenvalue weighted by atomic mass is 19.1. The molecule has 2 aromatic heterocycles. The molecule has 1 aliphatic carbocycles. The number of carbonyl (C=O) groups excluding carboxylic acids is 1. The molecule has 1 atom stereocenters. The molecule has 1 saturated carbocycles. The van der Waals surface area contributed by atoms with Gasteiger partial charge in [0.05, 0.1) is 5.69 Å². The Hall–Kier alpha value is -2.83. The molecule has 1 fully saturated rings. The topological polar surface area (TPSA) is 59.3 Å². The van der Waals surface area contributed by atoms with Crippen LogP contribution in [0.1, 0.15) is 35.9 Å². The Bertz CT molecular complexity index is 1010. The molecule has 7 heteroatoms. The summed E-state index contributed by atoms with van der Waals surface area (Å²) in [4.78, 5) is 21.2. The first-order valence-corrected chi connectivity index (χ1v) is 8.55. The normalized spacial score (nSPS) is 15.2. The standard InChI is InChI=1S/C19H18F2N4O/c1-10-7-16(14-8-13(20)5-6-15(14)21)24-18-17(22-9-25(10)18)19(26)23-11(2)12-3-4-12/h5-9,11-12H,3-4H2,1-2H3,(H,23,26)/t11-/m0/s1. The van der Waals surface area contributed by atoms with E-state index in [1.54, 1.807) is 17.4 Å². The number of fused-ring (bicyclic) bond motifs is 1. The fraction of sp³-hybridized carbons (Fsp3) is 0.316. The molecule has 2 heterocycles. The van der Waals surface area contributed by atoms with E-state index in [9.17, 15) is 13.6 Å². The number of carbonyl (C=O) groups is 1. The molecule has 0 saturated heterocycles. The van der Waals surface area contributed by atoms with E-state index in [0.29, 0.717) is 11.6 Å². The molecule has 0 spiro atoms. The van der Waals surface area contributed by atoms with Crippen LogP contribution >= 0.6 is 0 Å². The van der Waals surface area contributed by atoms with E-state index in [1.807, 2.05) is 6.92 Å². The van der Waals surface area contributed by atoms with Gasteiger partial charge in [-0.1, -0.05) is 0 Å². The van der Waals surface area contributed by atoms with Gasteiger partial charge in [0.2, 0.25) is 0 Å². The fourth-order valence-corrected chi connectivity index (χ4v) is 3.10. The molecule has 0 radical (unpaired) electrons. The highest BCUT2D eigenvalue weighted by molar-refractivity contribution is 5.98. The van der Waals surface area contributed by atoms with Crippen molar-refractivity contribution in [2.45, 2.75) is 32.7 Å². The lowest BCUT2D eigenvalue weighted by Crippen LogP contribution is -2.34. The lowest BCUT2D eigenvalue weighted by Gasteiger charge is -2.12. The van der Waals surface area contributed by atoms with Crippen molar-refractivity contribution < 1.29 is 13.6 Å². The lowest BCUT2D eigenvalue weighted by molar-refractivity contribution is 0.0933. The first-order chi connectivity index (χ1) is 12.4. The molecule has 5 nitrogen and oxygen atoms in total. The van der Waals surface area contributed by atoms with Crippen LogP contribution in [0, 0.1) is 24.5 Å². The average Bonchev–Trinajstić information content (AvgIpc) is 3.36. The van der Waals surface area contributed by atoms with Crippen LogP contribution in [-0.2, 0) is 0 Å². The van der Waals surface area contributed by atoms with Crippen molar-refractivity contribution in [3.63, 3.8) is 0 Å². The van der Waals surface area contributed by atoms with Crippen molar-refractivity contribution in [2.24, 2.45) is 5.92 Å². The second kappa shape index (κ2) is 6.16. The zero-order valence-electron chi connectivity index (χ0n) is 14.5. The third-order valence-electron chi connectivity index (χ3n) is 4.80. The lowest BCUT2D eigenvalue weighted by atomic mass is 10.1. The number of rotatable bonds is 4. The molecule has 0 unspecified atom stereocenters. The molecule has 3 aromatic rings. The van der Waals surface area contributed by atoms with Crippen molar-refractivity contribution in [3.8, 4) is 11.3 Å². The second-order valence-electron chi connectivity index (χ2n) is 6.79. The van der Waals surface area contributed by atoms with Gasteiger partial charge in [0.25, 0.3) is 5.91 Å². The van der Waals surface area contributed by atoms with Gasteiger partial charge in [0.15, 0.2) is 11.3 Å². The van der Waals surface area contributed by atoms with Gasteiger partial charge in [0.1, 0.15) is 18.0 Å². The second-order valence-corrected chi connectivity index (χ2v) is 6.79. The summed E-state index contributed by atoms with van der Waals surface area (Å²) < 4.78 is 29.3. The summed E-state index contributed by atoms with van der Waals surface area (Å²) in [6, 6.07) is 4.93. The van der Waals surface area contributed by atoms with Gasteiger partial charge in [-0.2, -0.15) is 0 Å². The molecule has 134 valence electrons. The molecule has 1 amide bonds. The van der Waals surface area contributed by atoms with E-state index in [1.165, 1.54) is 6.33 Å². The van der Waals surface area contributed by atoms with Crippen molar-refractivity contribution in [1.82, 2.24) is 19.7 Å². The summed E-state index contributed by atoms with van der Waals surface area (Å²) in [5.74, 6) is -0.920. The SMILES string of the molecule is Cc1cc(-c2cc(F)ccc2F)nc2c(C(=O)N[C@@H](C)C3CC3)ncn12. The van der Waals surface area contributed by atoms with Gasteiger partial charge in [-0.3, -0.25) is 9.20 Å². The average molecular weight is 356 g/mol. The molecule has 0 bridgehead atoms. The maximum atomic E-state index is 14.1. The van der Waals surface area contributed by atoms with Crippen LogP contribution in [-0.4, -0.2) is 26.3 Å². The Balaban J connectivity index is 1.77. The first kappa shape index (κ1) is 16.6. The number of nitrogens with zero attached hydrogens (tertiary/aromatic N) is 3. The largest absolute Gasteiger partial charge is 0.348 e. The van der Waals surface area contributed by atoms with Crippen LogP contribution in [0.5, 0.6) is 0 Å². The van der Waals surface area contributed by atoms with E-state index in [0.717, 1.165) is 36.7 Å². The highest BCUT2D eigenvalue weighted by Crippen LogP contribution is 2.32. The maximum absolute atomic E-state index is 14.1. The molecule has 4 rings (SSSR count). The first-order valence-electron chi connectivity index (χ1n) is 8.55. The van der Waals surface area contributed by atoms with Gasteiger partial charge in [-0.25, -0.2) is 18.7 Å². The summed E-state index contributed by atoms with van der Waals surface area (Å²) in [5.41, 5.74) is 1.53. The summed E-state index contributed by atoms with van der Waals surface area (Å²) in [5, 5.41) is 2.95. The number of hydrogen-bond acceptors (Lipinski definition) is 3. The van der Waals surface area contributed by atoms with Gasteiger partial charge < -0.3 is 5.32 Å². The Morgan fingerprint density at radius 1 is 1.31 bits per heavy atom. The molecule has 1 N–H and O–H groups in total. The number of amides is 1. The number of imidazole rings is 1. The highest BCUT2D eigenvalue weighted by Gasteiger charge is 2.30. The number of hydrogen-bond donors (Lipinski definition) is 1. The quantitative estimate of drug-likeness (QED) is 0.778. The Morgan fingerprint density at radius 2 is 2.08 bits per heavy atom. The molecule has 26 heavy (non-hydrogen) atoms. The van der Waals surface area contributed by atoms with E-state index in [-0.39, 0.29) is 28.9 Å². The minimum Gasteiger partial charge on any atom is -0.348 e. The number of benzene rings is 1. The zero-order chi connectivity index (χ0) is 18.4. The van der Waals surface area contributed by atoms with Crippen LogP contribution in [0.25, 0.3) is 16.9 Å². The predicted octanol–water partition coefficient (Wildman–Crippen LogP) is 3.51. The van der Waals surface area contributed by atoms with Crippen molar-refractivity contribution in [3.05, 3.63) is 53.6 Å². The van der Waals surface area contributed by atoms with Gasteiger partial charge in [-0.05, 0) is 56.9 Å². The number of nitrogens with one attached hydrogen (secondary N) is 1. The summed E-state index contributed by atoms with van der Waals surface area (Å²) >= 11 is 0. The van der Waals surface area contributed by atoms with Crippen LogP contribution in [0.15, 0.2) is 30.6 Å². The van der Waals surface area contributed by atoms with Gasteiger partial charge in [0, 0.05) is 17.3 Å². The Morgan fingerprint density at radius 3 is 2.81 bits per heavy atom. The number of aryl methyl sites for hydroxylation is 1. The van der Waals surface area contributed by atoms with Gasteiger partial charge in [-0.15, -0.1) is 0 Å². The summed E-state index contributed by atoms with van der Waals surface area (Å²) in [6.45, 7) is 3.77. The summed E-state index contributed by atoms with van der Waals surface area (Å²) in [6.07, 6.45) is 3.75. The fourth-order valence-electron chi connectivity index (χ4n) is 3.10. The van der Waals surface area contributed by atoms with Crippen molar-refractivity contribution in [2.75, 3.05) is 0 Å². The van der Waals surface area contributed by atoms with Crippen LogP contribution in [0.3, 0.4) is 0 Å². The van der Waals surface area contributed by atoms with Crippen LogP contribution < -0.4 is 5.32 Å². The monoisotopic (exact) mass is 356 g/mol. The third-order valence-corrected chi connectivity index (χ3v) is 4.80. The Labute approximate surface area is 149 Å². The molecular weight excluding hydrogens is 338 g/mol. The smallest absolute Gasteiger partial charge is 0.274 e. The third kappa shape index (κ3) is 2.94. The van der Waals surface area contributed by atoms with E-state index in [4.69, 9.17) is 0 Å². The van der Waals surface area contributed by atoms with Gasteiger partial charge >= 0.3 is 0 Å². The van der Waals surface area contributed by atoms with E-state index >= 15 is 0 Å². The summed E-state index contributed by atoms with van der Waals surface area (Å²) in [7, 11) is 0. The van der Waals surface area contributed by atoms with Crippen molar-refractivity contribution in [1.29, 1.82) is 0 Å². The number of aromatic nitrogens is 3. The van der Waals surface area contributed by atoms with Crippen LogP contribution in [0.2, 0.25) is 0 Å². The maximum Gasteiger partial charge on any atom is 0.274 e. The molecule has 0 aliphatic heterocycles. The van der Waals surface area contributed by atoms with Crippen LogP contribution in [0.4, 0.5) is 8.78 Å². The molecule has 1 aromatic carbocycles. The zero-order valence-corrected chi connectivity index (χ0v) is 14.5. The Kier molecular flexibility index (Phi) is 3.94. The predicted molar refractivity (Wildman–Crippen MR) is 92.7 cm³/mol. The minimum atomic E-state index is -0.574. The van der Waals surface area contributed by atoms with Crippen molar-refractivity contribution >= 4 is 11.6 Å².